The fourth-order valence-corrected chi connectivity index (χ4v) is 0.919. The van der Waals surface area contributed by atoms with Crippen molar-refractivity contribution in [1.29, 1.82) is 0 Å². The molecule has 2 rings (SSSR count). The van der Waals surface area contributed by atoms with Crippen LogP contribution in [0.25, 0.3) is 0 Å². The molecule has 0 aromatic carbocycles. The van der Waals surface area contributed by atoms with E-state index < -0.39 is 0 Å². The highest BCUT2D eigenvalue weighted by molar-refractivity contribution is 4.83. The first-order chi connectivity index (χ1) is 5.36. The lowest BCUT2D eigenvalue weighted by Crippen LogP contribution is -2.23. The van der Waals surface area contributed by atoms with Gasteiger partial charge in [-0.1, -0.05) is 0 Å². The van der Waals surface area contributed by atoms with E-state index in [1.54, 1.807) is 16.8 Å². The molecule has 4 nitrogen and oxygen atoms in total. The Hall–Kier alpha value is -1.16. The first-order valence-electron chi connectivity index (χ1n) is 3.49. The predicted molar refractivity (Wildman–Crippen MR) is 38.2 cm³/mol. The summed E-state index contributed by atoms with van der Waals surface area (Å²) in [6.45, 7) is 1.40. The minimum absolute atomic E-state index is 0.206. The Bertz CT molecular complexity index is 303. The number of hydrogen-bond acceptors (Lipinski definition) is 3. The second kappa shape index (κ2) is 2.47. The molecule has 0 bridgehead atoms. The molecule has 1 fully saturated rings. The number of ether oxygens (including phenoxy) is 1. The maximum atomic E-state index is 11.0. The first kappa shape index (κ1) is 6.54. The molecule has 4 heteroatoms. The number of hydrogen-bond donors (Lipinski definition) is 0. The van der Waals surface area contributed by atoms with Crippen LogP contribution in [0, 0.1) is 0 Å². The number of rotatable bonds is 2. The molecule has 1 aromatic rings. The van der Waals surface area contributed by atoms with Crippen LogP contribution in [-0.2, 0) is 11.3 Å². The van der Waals surface area contributed by atoms with E-state index >= 15 is 0 Å². The van der Waals surface area contributed by atoms with Crippen LogP contribution in [0.3, 0.4) is 0 Å². The molecule has 1 aliphatic heterocycles. The lowest BCUT2D eigenvalue weighted by molar-refractivity contribution is 0.379. The minimum Gasteiger partial charge on any atom is -0.371 e. The smallest absolute Gasteiger partial charge is 0.347 e. The van der Waals surface area contributed by atoms with Gasteiger partial charge in [0.1, 0.15) is 0 Å². The van der Waals surface area contributed by atoms with E-state index in [0.717, 1.165) is 6.61 Å². The third-order valence-electron chi connectivity index (χ3n) is 1.59. The van der Waals surface area contributed by atoms with Gasteiger partial charge >= 0.3 is 5.69 Å². The molecule has 1 aliphatic rings. The molecule has 0 aliphatic carbocycles. The van der Waals surface area contributed by atoms with Gasteiger partial charge in [-0.15, -0.1) is 0 Å². The highest BCUT2D eigenvalue weighted by Crippen LogP contribution is 2.09. The molecular weight excluding hydrogens is 144 g/mol. The molecule has 1 unspecified atom stereocenters. The molecule has 1 saturated heterocycles. The normalized spacial score (nSPS) is 21.6. The quantitative estimate of drug-likeness (QED) is 0.544. The van der Waals surface area contributed by atoms with Crippen molar-refractivity contribution in [2.24, 2.45) is 0 Å². The predicted octanol–water partition coefficient (Wildman–Crippen LogP) is -0.358. The SMILES string of the molecule is O=c1ncccn1CC1CO1. The molecule has 1 aromatic heterocycles. The van der Waals surface area contributed by atoms with E-state index in [2.05, 4.69) is 4.98 Å². The van der Waals surface area contributed by atoms with Crippen molar-refractivity contribution in [1.82, 2.24) is 9.55 Å². The van der Waals surface area contributed by atoms with Gasteiger partial charge in [0, 0.05) is 12.4 Å². The highest BCUT2D eigenvalue weighted by atomic mass is 16.6. The van der Waals surface area contributed by atoms with Crippen molar-refractivity contribution < 1.29 is 4.74 Å². The summed E-state index contributed by atoms with van der Waals surface area (Å²) in [5.41, 5.74) is -0.206. The van der Waals surface area contributed by atoms with Gasteiger partial charge < -0.3 is 4.74 Å². The van der Waals surface area contributed by atoms with Crippen molar-refractivity contribution >= 4 is 0 Å². The fraction of sp³-hybridized carbons (Fsp3) is 0.429. The van der Waals surface area contributed by atoms with Crippen LogP contribution in [0.15, 0.2) is 23.3 Å². The van der Waals surface area contributed by atoms with Crippen LogP contribution >= 0.6 is 0 Å². The Morgan fingerprint density at radius 3 is 3.27 bits per heavy atom. The van der Waals surface area contributed by atoms with E-state index in [1.165, 1.54) is 6.20 Å². The third kappa shape index (κ3) is 1.46. The van der Waals surface area contributed by atoms with Crippen molar-refractivity contribution in [3.05, 3.63) is 28.9 Å². The average Bonchev–Trinajstić information content (AvgIpc) is 2.78. The van der Waals surface area contributed by atoms with E-state index in [4.69, 9.17) is 4.74 Å². The van der Waals surface area contributed by atoms with Crippen molar-refractivity contribution in [2.75, 3.05) is 6.61 Å². The average molecular weight is 152 g/mol. The van der Waals surface area contributed by atoms with E-state index in [0.29, 0.717) is 6.54 Å². The van der Waals surface area contributed by atoms with Crippen LogP contribution in [0.4, 0.5) is 0 Å². The second-order valence-electron chi connectivity index (χ2n) is 2.51. The molecule has 0 saturated carbocycles. The standard InChI is InChI=1S/C7H8N2O2/c10-7-8-2-1-3-9(7)4-6-5-11-6/h1-3,6H,4-5H2. The van der Waals surface area contributed by atoms with Gasteiger partial charge in [-0.2, -0.15) is 0 Å². The fourth-order valence-electron chi connectivity index (χ4n) is 0.919. The van der Waals surface area contributed by atoms with Gasteiger partial charge in [-0.25, -0.2) is 9.78 Å². The lowest BCUT2D eigenvalue weighted by Gasteiger charge is -1.98. The third-order valence-corrected chi connectivity index (χ3v) is 1.59. The van der Waals surface area contributed by atoms with Crippen LogP contribution < -0.4 is 5.69 Å². The molecule has 2 heterocycles. The highest BCUT2D eigenvalue weighted by Gasteiger charge is 2.22. The van der Waals surface area contributed by atoms with Gasteiger partial charge in [-0.05, 0) is 6.07 Å². The van der Waals surface area contributed by atoms with Crippen LogP contribution in [0.2, 0.25) is 0 Å². The summed E-state index contributed by atoms with van der Waals surface area (Å²) in [6.07, 6.45) is 3.45. The molecule has 1 atom stereocenters. The Balaban J connectivity index is 2.21. The summed E-state index contributed by atoms with van der Waals surface area (Å²) in [5.74, 6) is 0. The van der Waals surface area contributed by atoms with Gasteiger partial charge in [0.25, 0.3) is 0 Å². The van der Waals surface area contributed by atoms with E-state index in [9.17, 15) is 4.79 Å². The molecule has 0 spiro atoms. The number of epoxide rings is 1. The summed E-state index contributed by atoms with van der Waals surface area (Å²) in [5, 5.41) is 0. The van der Waals surface area contributed by atoms with Crippen LogP contribution in [0.5, 0.6) is 0 Å². The Morgan fingerprint density at radius 1 is 1.82 bits per heavy atom. The second-order valence-corrected chi connectivity index (χ2v) is 2.51. The van der Waals surface area contributed by atoms with Crippen molar-refractivity contribution in [2.45, 2.75) is 12.6 Å². The maximum Gasteiger partial charge on any atom is 0.347 e. The summed E-state index contributed by atoms with van der Waals surface area (Å²) in [7, 11) is 0. The van der Waals surface area contributed by atoms with Crippen LogP contribution in [-0.4, -0.2) is 22.3 Å². The number of nitrogens with zero attached hydrogens (tertiary/aromatic N) is 2. The maximum absolute atomic E-state index is 11.0. The monoisotopic (exact) mass is 152 g/mol. The Labute approximate surface area is 63.4 Å². The van der Waals surface area contributed by atoms with Crippen molar-refractivity contribution in [3.8, 4) is 0 Å². The number of aromatic nitrogens is 2. The molecule has 0 amide bonds. The molecule has 58 valence electrons. The molecule has 0 N–H and O–H groups in total. The first-order valence-corrected chi connectivity index (χ1v) is 3.49. The summed E-state index contributed by atoms with van der Waals surface area (Å²) in [6, 6.07) is 1.74. The Kier molecular flexibility index (Phi) is 1.47. The summed E-state index contributed by atoms with van der Waals surface area (Å²) in [4.78, 5) is 14.6. The van der Waals surface area contributed by atoms with Crippen LogP contribution in [0.1, 0.15) is 0 Å². The van der Waals surface area contributed by atoms with E-state index in [1.807, 2.05) is 0 Å². The minimum atomic E-state index is -0.206. The Morgan fingerprint density at radius 2 is 2.64 bits per heavy atom. The summed E-state index contributed by atoms with van der Waals surface area (Å²) < 4.78 is 6.53. The molecular formula is C7H8N2O2. The zero-order chi connectivity index (χ0) is 7.68. The van der Waals surface area contributed by atoms with Gasteiger partial charge in [-0.3, -0.25) is 4.57 Å². The summed E-state index contributed by atoms with van der Waals surface area (Å²) >= 11 is 0. The van der Waals surface area contributed by atoms with Gasteiger partial charge in [0.05, 0.1) is 19.3 Å². The zero-order valence-electron chi connectivity index (χ0n) is 5.93. The largest absolute Gasteiger partial charge is 0.371 e. The molecule has 0 radical (unpaired) electrons. The van der Waals surface area contributed by atoms with Gasteiger partial charge in [0.2, 0.25) is 0 Å². The zero-order valence-corrected chi connectivity index (χ0v) is 5.93. The lowest BCUT2D eigenvalue weighted by atomic mass is 10.4. The van der Waals surface area contributed by atoms with Crippen molar-refractivity contribution in [3.63, 3.8) is 0 Å². The topological polar surface area (TPSA) is 47.4 Å². The van der Waals surface area contributed by atoms with E-state index in [-0.39, 0.29) is 11.8 Å². The van der Waals surface area contributed by atoms with Gasteiger partial charge in [0.15, 0.2) is 0 Å². The molecule has 11 heavy (non-hydrogen) atoms.